The molecule has 2 aromatic carbocycles. The Morgan fingerprint density at radius 1 is 1.36 bits per heavy atom. The second-order valence-electron chi connectivity index (χ2n) is 7.23. The van der Waals surface area contributed by atoms with Crippen LogP contribution >= 0.6 is 11.6 Å². The largest absolute Gasteiger partial charge is 0.508 e. The summed E-state index contributed by atoms with van der Waals surface area (Å²) in [6, 6.07) is 9.99. The number of carbonyl (C=O) groups excluding carboxylic acids is 1. The summed E-state index contributed by atoms with van der Waals surface area (Å²) in [5.74, 6) is -0.474. The molecule has 3 unspecified atom stereocenters. The Balaban J connectivity index is 2.02. The van der Waals surface area contributed by atoms with Gasteiger partial charge in [0, 0.05) is 17.1 Å². The van der Waals surface area contributed by atoms with Gasteiger partial charge in [-0.25, -0.2) is 4.39 Å². The van der Waals surface area contributed by atoms with Crippen LogP contribution in [-0.4, -0.2) is 28.5 Å². The van der Waals surface area contributed by atoms with Crippen LogP contribution in [0.5, 0.6) is 5.75 Å². The van der Waals surface area contributed by atoms with Crippen molar-refractivity contribution < 1.29 is 14.3 Å². The molecule has 0 fully saturated rings. The van der Waals surface area contributed by atoms with Gasteiger partial charge in [0.15, 0.2) is 0 Å². The molecule has 1 amide bonds. The van der Waals surface area contributed by atoms with Gasteiger partial charge in [0.2, 0.25) is 5.91 Å². The zero-order valence-corrected chi connectivity index (χ0v) is 16.7. The summed E-state index contributed by atoms with van der Waals surface area (Å²) >= 11 is 6.05. The minimum Gasteiger partial charge on any atom is -0.508 e. The highest BCUT2D eigenvalue weighted by Gasteiger charge is 2.35. The average Bonchev–Trinajstić information content (AvgIpc) is 3.13. The Morgan fingerprint density at radius 2 is 2.11 bits per heavy atom. The van der Waals surface area contributed by atoms with Gasteiger partial charge in [-0.05, 0) is 47.4 Å². The van der Waals surface area contributed by atoms with Crippen LogP contribution in [0, 0.1) is 11.7 Å². The van der Waals surface area contributed by atoms with Crippen LogP contribution in [0.1, 0.15) is 37.4 Å². The zero-order valence-electron chi connectivity index (χ0n) is 15.9. The summed E-state index contributed by atoms with van der Waals surface area (Å²) in [6.45, 7) is 4.15. The van der Waals surface area contributed by atoms with Crippen LogP contribution in [0.15, 0.2) is 48.5 Å². The smallest absolute Gasteiger partial charge is 0.240 e. The van der Waals surface area contributed by atoms with Gasteiger partial charge in [-0.1, -0.05) is 50.1 Å². The number of hydrogen-bond donors (Lipinski definition) is 2. The molecule has 0 aliphatic carbocycles. The topological polar surface area (TPSA) is 66.6 Å². The third-order valence-corrected chi connectivity index (χ3v) is 5.58. The summed E-state index contributed by atoms with van der Waals surface area (Å²) in [4.78, 5) is 14.8. The first-order valence-corrected chi connectivity index (χ1v) is 9.70. The molecule has 0 saturated heterocycles. The summed E-state index contributed by atoms with van der Waals surface area (Å²) in [6.07, 6.45) is 2.62. The number of carbonyl (C=O) groups is 1. The lowest BCUT2D eigenvalue weighted by Gasteiger charge is -2.30. The molecule has 3 atom stereocenters. The first-order chi connectivity index (χ1) is 13.3. The molecule has 0 radical (unpaired) electrons. The molecule has 1 aliphatic heterocycles. The van der Waals surface area contributed by atoms with Gasteiger partial charge in [0.1, 0.15) is 11.6 Å². The number of benzene rings is 2. The summed E-state index contributed by atoms with van der Waals surface area (Å²) in [7, 11) is 0. The summed E-state index contributed by atoms with van der Waals surface area (Å²) in [5.41, 5.74) is 7.97. The van der Waals surface area contributed by atoms with E-state index in [9.17, 15) is 14.3 Å². The van der Waals surface area contributed by atoms with E-state index in [0.717, 1.165) is 12.0 Å². The highest BCUT2D eigenvalue weighted by atomic mass is 35.5. The predicted molar refractivity (Wildman–Crippen MR) is 109 cm³/mol. The van der Waals surface area contributed by atoms with Crippen LogP contribution < -0.4 is 5.73 Å². The number of rotatable bonds is 5. The third-order valence-electron chi connectivity index (χ3n) is 5.35. The fraction of sp³-hybridized carbons (Fsp3) is 0.318. The van der Waals surface area contributed by atoms with E-state index in [1.54, 1.807) is 29.2 Å². The van der Waals surface area contributed by atoms with Crippen molar-refractivity contribution in [3.05, 3.63) is 70.5 Å². The molecule has 1 heterocycles. The highest BCUT2D eigenvalue weighted by Crippen LogP contribution is 2.37. The first-order valence-electron chi connectivity index (χ1n) is 9.33. The van der Waals surface area contributed by atoms with Crippen molar-refractivity contribution in [2.24, 2.45) is 11.7 Å². The fourth-order valence-electron chi connectivity index (χ4n) is 3.42. The van der Waals surface area contributed by atoms with Crippen molar-refractivity contribution in [1.29, 1.82) is 0 Å². The lowest BCUT2D eigenvalue weighted by Crippen LogP contribution is -2.47. The van der Waals surface area contributed by atoms with E-state index < -0.39 is 17.9 Å². The average molecular weight is 403 g/mol. The lowest BCUT2D eigenvalue weighted by atomic mass is 9.97. The Kier molecular flexibility index (Phi) is 6.06. The van der Waals surface area contributed by atoms with Crippen molar-refractivity contribution in [3.8, 4) is 5.75 Å². The molecule has 28 heavy (non-hydrogen) atoms. The number of halogens is 2. The standard InChI is InChI=1S/C22H24ClFN2O2/c1-3-13(2)21(25)22(28)26-12-15(18-11-16(23)7-8-19(18)24)10-20(26)14-5-4-6-17(27)9-14/h4-11,13,20-21,27H,3,12,25H2,1-2H3. The van der Waals surface area contributed by atoms with E-state index >= 15 is 0 Å². The normalized spacial score (nSPS) is 18.7. The Hall–Kier alpha value is -2.37. The minimum atomic E-state index is -0.651. The van der Waals surface area contributed by atoms with E-state index in [4.69, 9.17) is 17.3 Å². The van der Waals surface area contributed by atoms with Gasteiger partial charge in [-0.2, -0.15) is 0 Å². The second kappa shape index (κ2) is 8.33. The lowest BCUT2D eigenvalue weighted by molar-refractivity contribution is -0.134. The highest BCUT2D eigenvalue weighted by molar-refractivity contribution is 6.30. The maximum atomic E-state index is 14.4. The molecular formula is C22H24ClFN2O2. The van der Waals surface area contributed by atoms with Crippen molar-refractivity contribution in [2.75, 3.05) is 6.54 Å². The van der Waals surface area contributed by atoms with Crippen molar-refractivity contribution in [2.45, 2.75) is 32.4 Å². The maximum absolute atomic E-state index is 14.4. The Bertz CT molecular complexity index is 915. The summed E-state index contributed by atoms with van der Waals surface area (Å²) in [5, 5.41) is 10.3. The quantitative estimate of drug-likeness (QED) is 0.772. The molecule has 0 spiro atoms. The van der Waals surface area contributed by atoms with Crippen LogP contribution in [0.4, 0.5) is 4.39 Å². The third kappa shape index (κ3) is 4.05. The van der Waals surface area contributed by atoms with Gasteiger partial charge >= 0.3 is 0 Å². The molecule has 1 aliphatic rings. The van der Waals surface area contributed by atoms with Crippen LogP contribution in [0.2, 0.25) is 5.02 Å². The molecule has 6 heteroatoms. The SMILES string of the molecule is CCC(C)C(N)C(=O)N1CC(c2cc(Cl)ccc2F)=CC1c1cccc(O)c1. The molecule has 148 valence electrons. The van der Waals surface area contributed by atoms with E-state index in [1.165, 1.54) is 12.1 Å². The van der Waals surface area contributed by atoms with Crippen molar-refractivity contribution >= 4 is 23.1 Å². The minimum absolute atomic E-state index is 0.0179. The van der Waals surface area contributed by atoms with Crippen LogP contribution in [-0.2, 0) is 4.79 Å². The maximum Gasteiger partial charge on any atom is 0.240 e. The Morgan fingerprint density at radius 3 is 2.79 bits per heavy atom. The number of hydrogen-bond acceptors (Lipinski definition) is 3. The molecule has 3 N–H and O–H groups in total. The molecule has 3 rings (SSSR count). The van der Waals surface area contributed by atoms with E-state index in [-0.39, 0.29) is 24.1 Å². The van der Waals surface area contributed by atoms with Gasteiger partial charge < -0.3 is 15.7 Å². The second-order valence-corrected chi connectivity index (χ2v) is 7.67. The number of phenolic OH excluding ortho intramolecular Hbond substituents is 1. The molecule has 2 aromatic rings. The number of nitrogens with zero attached hydrogens (tertiary/aromatic N) is 1. The van der Waals surface area contributed by atoms with Gasteiger partial charge in [0.25, 0.3) is 0 Å². The number of aromatic hydroxyl groups is 1. The molecule has 0 aromatic heterocycles. The van der Waals surface area contributed by atoms with Crippen LogP contribution in [0.25, 0.3) is 5.57 Å². The molecule has 0 saturated carbocycles. The van der Waals surface area contributed by atoms with Gasteiger partial charge in [0.05, 0.1) is 12.1 Å². The molecule has 0 bridgehead atoms. The fourth-order valence-corrected chi connectivity index (χ4v) is 3.59. The van der Waals surface area contributed by atoms with Crippen molar-refractivity contribution in [3.63, 3.8) is 0 Å². The van der Waals surface area contributed by atoms with E-state index in [0.29, 0.717) is 16.2 Å². The van der Waals surface area contributed by atoms with Gasteiger partial charge in [-0.15, -0.1) is 0 Å². The van der Waals surface area contributed by atoms with Crippen LogP contribution in [0.3, 0.4) is 0 Å². The first kappa shape index (κ1) is 20.4. The number of amides is 1. The number of nitrogens with two attached hydrogens (primary N) is 1. The Labute approximate surface area is 169 Å². The predicted octanol–water partition coefficient (Wildman–Crippen LogP) is 4.53. The number of phenols is 1. The van der Waals surface area contributed by atoms with E-state index in [2.05, 4.69) is 0 Å². The monoisotopic (exact) mass is 402 g/mol. The van der Waals surface area contributed by atoms with E-state index in [1.807, 2.05) is 26.0 Å². The molecule has 4 nitrogen and oxygen atoms in total. The molecular weight excluding hydrogens is 379 g/mol. The van der Waals surface area contributed by atoms with Gasteiger partial charge in [-0.3, -0.25) is 4.79 Å². The zero-order chi connectivity index (χ0) is 20.4. The summed E-state index contributed by atoms with van der Waals surface area (Å²) < 4.78 is 14.4. The van der Waals surface area contributed by atoms with Crippen molar-refractivity contribution in [1.82, 2.24) is 4.90 Å².